The maximum atomic E-state index is 13.4. The average molecular weight is 547 g/mol. The normalized spacial score (nSPS) is 30.1. The Morgan fingerprint density at radius 2 is 2.06 bits per heavy atom. The molecule has 1 unspecified atom stereocenters. The molecular formula is C29H32BrN5O. The molecule has 0 spiro atoms. The van der Waals surface area contributed by atoms with Crippen molar-refractivity contribution in [1.82, 2.24) is 15.2 Å². The van der Waals surface area contributed by atoms with Crippen LogP contribution in [0.5, 0.6) is 0 Å². The zero-order valence-corrected chi connectivity index (χ0v) is 22.2. The minimum Gasteiger partial charge on any atom is -0.383 e. The van der Waals surface area contributed by atoms with Crippen molar-refractivity contribution in [3.63, 3.8) is 0 Å². The molecule has 3 atom stereocenters. The van der Waals surface area contributed by atoms with Gasteiger partial charge >= 0.3 is 0 Å². The van der Waals surface area contributed by atoms with Crippen LogP contribution in [0.3, 0.4) is 0 Å². The van der Waals surface area contributed by atoms with Gasteiger partial charge in [-0.15, -0.1) is 0 Å². The number of hydrogen-bond acceptors (Lipinski definition) is 5. The van der Waals surface area contributed by atoms with Crippen molar-refractivity contribution in [2.24, 2.45) is 21.8 Å². The standard InChI is InChI=1S/C29H32BrN5O/c1-20-27(30)18-32-17-24(33-16-21-7-5-11-31-15-21)13-28(34-20)23-10-6-12-35(19-23)29(36)26-14-25(26)22-8-3-2-4-9-22/h2-5,7-9,11,13,15,18,23,25-26,33H,6,10,12,14,16-17,19H2,1H3/b24-13-,27-20-,32-18-,34-28+/t23?,25-,26+/m0/s1. The Hall–Kier alpha value is -3.06. The van der Waals surface area contributed by atoms with E-state index in [0.29, 0.717) is 31.5 Å². The first kappa shape index (κ1) is 24.6. The highest BCUT2D eigenvalue weighted by Gasteiger charge is 2.46. The zero-order valence-electron chi connectivity index (χ0n) is 20.6. The summed E-state index contributed by atoms with van der Waals surface area (Å²) in [6.45, 7) is 4.76. The van der Waals surface area contributed by atoms with Gasteiger partial charge in [-0.3, -0.25) is 19.8 Å². The molecule has 2 aliphatic heterocycles. The fourth-order valence-corrected chi connectivity index (χ4v) is 5.28. The van der Waals surface area contributed by atoms with Gasteiger partial charge in [0.2, 0.25) is 5.91 Å². The molecule has 1 aromatic carbocycles. The van der Waals surface area contributed by atoms with E-state index in [1.54, 1.807) is 6.20 Å². The number of piperidine rings is 1. The van der Waals surface area contributed by atoms with Crippen LogP contribution in [0.25, 0.3) is 0 Å². The molecule has 5 rings (SSSR count). The monoisotopic (exact) mass is 545 g/mol. The first-order valence-corrected chi connectivity index (χ1v) is 13.5. The minimum atomic E-state index is 0.116. The predicted molar refractivity (Wildman–Crippen MR) is 148 cm³/mol. The van der Waals surface area contributed by atoms with Gasteiger partial charge in [0, 0.05) is 61.5 Å². The lowest BCUT2D eigenvalue weighted by Crippen LogP contribution is -2.43. The van der Waals surface area contributed by atoms with Crippen molar-refractivity contribution in [2.45, 2.75) is 38.6 Å². The highest BCUT2D eigenvalue weighted by Crippen LogP contribution is 2.48. The Morgan fingerprint density at radius 3 is 2.86 bits per heavy atom. The number of halogens is 1. The van der Waals surface area contributed by atoms with Crippen LogP contribution in [0.15, 0.2) is 86.8 Å². The maximum Gasteiger partial charge on any atom is 0.226 e. The number of rotatable bonds is 6. The highest BCUT2D eigenvalue weighted by molar-refractivity contribution is 9.12. The number of pyridine rings is 1. The van der Waals surface area contributed by atoms with Crippen LogP contribution >= 0.6 is 15.9 Å². The Bertz CT molecular complexity index is 1200. The van der Waals surface area contributed by atoms with Crippen LogP contribution in [-0.4, -0.2) is 47.4 Å². The molecule has 7 heteroatoms. The van der Waals surface area contributed by atoms with Gasteiger partial charge in [-0.25, -0.2) is 0 Å². The Balaban J connectivity index is 1.31. The number of carbonyl (C=O) groups excluding carboxylic acids is 1. The summed E-state index contributed by atoms with van der Waals surface area (Å²) in [4.78, 5) is 29.3. The summed E-state index contributed by atoms with van der Waals surface area (Å²) in [5.41, 5.74) is 5.31. The lowest BCUT2D eigenvalue weighted by Gasteiger charge is -2.33. The molecule has 0 radical (unpaired) electrons. The van der Waals surface area contributed by atoms with E-state index in [9.17, 15) is 4.79 Å². The van der Waals surface area contributed by atoms with E-state index in [1.807, 2.05) is 31.5 Å². The summed E-state index contributed by atoms with van der Waals surface area (Å²) in [5, 5.41) is 3.53. The summed E-state index contributed by atoms with van der Waals surface area (Å²) in [6.07, 6.45) is 10.6. The van der Waals surface area contributed by atoms with Gasteiger partial charge in [0.1, 0.15) is 0 Å². The van der Waals surface area contributed by atoms with Crippen molar-refractivity contribution < 1.29 is 4.79 Å². The molecule has 1 N–H and O–H groups in total. The molecule has 3 aliphatic rings. The lowest BCUT2D eigenvalue weighted by atomic mass is 9.91. The number of allylic oxidation sites excluding steroid dienone is 3. The average Bonchev–Trinajstić information content (AvgIpc) is 3.72. The van der Waals surface area contributed by atoms with Crippen LogP contribution in [-0.2, 0) is 11.3 Å². The van der Waals surface area contributed by atoms with E-state index >= 15 is 0 Å². The third-order valence-corrected chi connectivity index (χ3v) is 7.94. The van der Waals surface area contributed by atoms with Crippen molar-refractivity contribution in [3.05, 3.63) is 87.9 Å². The van der Waals surface area contributed by atoms with Gasteiger partial charge in [-0.05, 0) is 71.3 Å². The summed E-state index contributed by atoms with van der Waals surface area (Å²) >= 11 is 3.62. The summed E-state index contributed by atoms with van der Waals surface area (Å²) in [5.74, 6) is 0.973. The fraction of sp³-hybridized carbons (Fsp3) is 0.379. The van der Waals surface area contributed by atoms with Gasteiger partial charge < -0.3 is 10.2 Å². The Morgan fingerprint density at radius 1 is 1.19 bits per heavy atom. The number of aliphatic imine (C=N–C) groups is 2. The number of amides is 1. The molecule has 186 valence electrons. The topological polar surface area (TPSA) is 70.0 Å². The van der Waals surface area contributed by atoms with Crippen molar-refractivity contribution in [2.75, 3.05) is 19.6 Å². The van der Waals surface area contributed by atoms with E-state index in [4.69, 9.17) is 4.99 Å². The van der Waals surface area contributed by atoms with Gasteiger partial charge in [0.05, 0.1) is 16.7 Å². The number of likely N-dealkylation sites (tertiary alicyclic amines) is 1. The summed E-state index contributed by atoms with van der Waals surface area (Å²) in [7, 11) is 0. The largest absolute Gasteiger partial charge is 0.383 e. The van der Waals surface area contributed by atoms with E-state index < -0.39 is 0 Å². The highest BCUT2D eigenvalue weighted by atomic mass is 79.9. The van der Waals surface area contributed by atoms with Crippen LogP contribution in [0.1, 0.15) is 43.2 Å². The number of hydrogen-bond donors (Lipinski definition) is 1. The number of benzene rings is 1. The van der Waals surface area contributed by atoms with Gasteiger partial charge in [-0.1, -0.05) is 36.4 Å². The van der Waals surface area contributed by atoms with E-state index in [1.165, 1.54) is 5.56 Å². The minimum absolute atomic E-state index is 0.116. The number of nitrogens with zero attached hydrogens (tertiary/aromatic N) is 4. The second-order valence-electron chi connectivity index (χ2n) is 9.81. The van der Waals surface area contributed by atoms with E-state index in [2.05, 4.69) is 72.5 Å². The molecule has 36 heavy (non-hydrogen) atoms. The quantitative estimate of drug-likeness (QED) is 0.538. The third-order valence-electron chi connectivity index (χ3n) is 7.16. The maximum absolute atomic E-state index is 13.4. The van der Waals surface area contributed by atoms with E-state index in [0.717, 1.165) is 53.0 Å². The number of aromatic nitrogens is 1. The van der Waals surface area contributed by atoms with Crippen molar-refractivity contribution in [3.8, 4) is 0 Å². The van der Waals surface area contributed by atoms with Gasteiger partial charge in [0.25, 0.3) is 0 Å². The summed E-state index contributed by atoms with van der Waals surface area (Å²) < 4.78 is 0.884. The van der Waals surface area contributed by atoms with E-state index in [-0.39, 0.29) is 11.8 Å². The molecule has 2 aromatic rings. The Kier molecular flexibility index (Phi) is 7.75. The second-order valence-corrected chi connectivity index (χ2v) is 10.7. The van der Waals surface area contributed by atoms with Crippen molar-refractivity contribution >= 4 is 33.8 Å². The SMILES string of the molecule is CC1=C(Br)\C=N/C/C(NCc2cccnc2)=C/C(C2CCCN(C(=O)[C@@H]3C[C@H]3c3ccccc3)C2)=N\1. The number of nitrogens with one attached hydrogen (secondary N) is 1. The van der Waals surface area contributed by atoms with Gasteiger partial charge in [0.15, 0.2) is 0 Å². The molecular weight excluding hydrogens is 514 g/mol. The van der Waals surface area contributed by atoms with Gasteiger partial charge in [-0.2, -0.15) is 0 Å². The van der Waals surface area contributed by atoms with Crippen LogP contribution in [0.2, 0.25) is 0 Å². The summed E-state index contributed by atoms with van der Waals surface area (Å²) in [6, 6.07) is 14.4. The molecule has 6 nitrogen and oxygen atoms in total. The molecule has 1 saturated heterocycles. The number of carbonyl (C=O) groups is 1. The smallest absolute Gasteiger partial charge is 0.226 e. The predicted octanol–water partition coefficient (Wildman–Crippen LogP) is 5.25. The molecule has 2 fully saturated rings. The van der Waals surface area contributed by atoms with Crippen LogP contribution in [0.4, 0.5) is 0 Å². The molecule has 1 aromatic heterocycles. The van der Waals surface area contributed by atoms with Crippen LogP contribution < -0.4 is 5.32 Å². The Labute approximate surface area is 221 Å². The second kappa shape index (κ2) is 11.3. The third kappa shape index (κ3) is 6.01. The molecule has 1 aliphatic carbocycles. The fourth-order valence-electron chi connectivity index (χ4n) is 5.05. The molecule has 1 saturated carbocycles. The lowest BCUT2D eigenvalue weighted by molar-refractivity contribution is -0.134. The molecule has 0 bridgehead atoms. The zero-order chi connectivity index (χ0) is 24.9. The molecule has 1 amide bonds. The van der Waals surface area contributed by atoms with Crippen LogP contribution in [0, 0.1) is 11.8 Å². The first-order valence-electron chi connectivity index (χ1n) is 12.7. The first-order chi connectivity index (χ1) is 17.6. The van der Waals surface area contributed by atoms with Crippen molar-refractivity contribution in [1.29, 1.82) is 0 Å². The molecule has 3 heterocycles.